The van der Waals surface area contributed by atoms with E-state index in [0.29, 0.717) is 5.69 Å². The number of fused-ring (bicyclic) bond motifs is 1. The van der Waals surface area contributed by atoms with Crippen LogP contribution in [0.25, 0.3) is 10.9 Å². The molecule has 0 unspecified atom stereocenters. The van der Waals surface area contributed by atoms with Gasteiger partial charge in [0.25, 0.3) is 0 Å². The number of pyridine rings is 1. The van der Waals surface area contributed by atoms with Crippen LogP contribution in [0.3, 0.4) is 0 Å². The fraction of sp³-hybridized carbons (Fsp3) is 0. The van der Waals surface area contributed by atoms with Crippen molar-refractivity contribution in [2.75, 3.05) is 5.43 Å². The molecule has 90 valence electrons. The maximum atomic E-state index is 13.5. The first-order chi connectivity index (χ1) is 8.74. The molecule has 0 spiro atoms. The first-order valence-electron chi connectivity index (χ1n) is 5.41. The van der Waals surface area contributed by atoms with Crippen LogP contribution in [0.4, 0.5) is 10.1 Å². The third-order valence-corrected chi connectivity index (χ3v) is 2.69. The molecule has 4 nitrogen and oxygen atoms in total. The van der Waals surface area contributed by atoms with Gasteiger partial charge in [-0.25, -0.2) is 4.39 Å². The van der Waals surface area contributed by atoms with Crippen LogP contribution < -0.4 is 5.43 Å². The Kier molecular flexibility index (Phi) is 2.37. The molecule has 18 heavy (non-hydrogen) atoms. The zero-order valence-corrected chi connectivity index (χ0v) is 9.34. The van der Waals surface area contributed by atoms with E-state index < -0.39 is 5.82 Å². The van der Waals surface area contributed by atoms with E-state index in [2.05, 4.69) is 10.4 Å². The normalized spacial score (nSPS) is 10.7. The zero-order chi connectivity index (χ0) is 12.5. The lowest BCUT2D eigenvalue weighted by atomic mass is 10.2. The van der Waals surface area contributed by atoms with E-state index >= 15 is 0 Å². The number of phenols is 1. The van der Waals surface area contributed by atoms with Gasteiger partial charge in [-0.15, -0.1) is 0 Å². The number of aromatic hydroxyl groups is 1. The Morgan fingerprint density at radius 1 is 1.22 bits per heavy atom. The van der Waals surface area contributed by atoms with E-state index in [-0.39, 0.29) is 5.75 Å². The molecule has 0 radical (unpaired) electrons. The van der Waals surface area contributed by atoms with Gasteiger partial charge in [0.2, 0.25) is 0 Å². The van der Waals surface area contributed by atoms with Crippen molar-refractivity contribution in [3.63, 3.8) is 0 Å². The van der Waals surface area contributed by atoms with Gasteiger partial charge in [0.1, 0.15) is 5.75 Å². The number of rotatable bonds is 2. The maximum Gasteiger partial charge on any atom is 0.166 e. The van der Waals surface area contributed by atoms with Crippen molar-refractivity contribution >= 4 is 16.6 Å². The molecule has 0 saturated carbocycles. The lowest BCUT2D eigenvalue weighted by Crippen LogP contribution is -2.08. The lowest BCUT2D eigenvalue weighted by molar-refractivity contribution is 0.476. The lowest BCUT2D eigenvalue weighted by Gasteiger charge is -2.09. The second kappa shape index (κ2) is 4.03. The molecular weight excluding hydrogens is 233 g/mol. The summed E-state index contributed by atoms with van der Waals surface area (Å²) < 4.78 is 15.2. The molecule has 0 bridgehead atoms. The molecule has 0 amide bonds. The average molecular weight is 243 g/mol. The number of aromatic nitrogens is 2. The summed E-state index contributed by atoms with van der Waals surface area (Å²) in [6.45, 7) is 0. The van der Waals surface area contributed by atoms with Crippen molar-refractivity contribution in [2.24, 2.45) is 0 Å². The molecule has 0 saturated heterocycles. The third-order valence-electron chi connectivity index (χ3n) is 2.69. The molecular formula is C13H10FN3O. The standard InChI is InChI=1S/C13H10FN3O/c14-11-8-15-5-3-12(11)16-17-6-4-9-7-10(18)1-2-13(9)17/h1-8,18H,(H,15,16). The van der Waals surface area contributed by atoms with Crippen molar-refractivity contribution in [2.45, 2.75) is 0 Å². The maximum absolute atomic E-state index is 13.5. The van der Waals surface area contributed by atoms with Crippen LogP contribution in [-0.4, -0.2) is 14.8 Å². The first-order valence-corrected chi connectivity index (χ1v) is 5.41. The summed E-state index contributed by atoms with van der Waals surface area (Å²) in [6, 6.07) is 8.39. The quantitative estimate of drug-likeness (QED) is 0.727. The summed E-state index contributed by atoms with van der Waals surface area (Å²) in [5.74, 6) is -0.214. The molecule has 0 aliphatic carbocycles. The van der Waals surface area contributed by atoms with Crippen LogP contribution in [0.1, 0.15) is 0 Å². The number of phenolic OH excluding ortho intramolecular Hbond substituents is 1. The van der Waals surface area contributed by atoms with Crippen molar-refractivity contribution in [1.82, 2.24) is 9.66 Å². The fourth-order valence-electron chi connectivity index (χ4n) is 1.82. The van der Waals surface area contributed by atoms with Gasteiger partial charge in [-0.1, -0.05) is 0 Å². The Balaban J connectivity index is 2.03. The van der Waals surface area contributed by atoms with Crippen LogP contribution in [0.2, 0.25) is 0 Å². The molecule has 3 aromatic rings. The van der Waals surface area contributed by atoms with Gasteiger partial charge in [-0.3, -0.25) is 15.1 Å². The average Bonchev–Trinajstić information content (AvgIpc) is 2.74. The Hall–Kier alpha value is -2.56. The largest absolute Gasteiger partial charge is 0.508 e. The van der Waals surface area contributed by atoms with Crippen molar-refractivity contribution < 1.29 is 9.50 Å². The highest BCUT2D eigenvalue weighted by molar-refractivity contribution is 5.82. The van der Waals surface area contributed by atoms with Gasteiger partial charge in [-0.2, -0.15) is 0 Å². The van der Waals surface area contributed by atoms with Gasteiger partial charge in [0.05, 0.1) is 17.4 Å². The predicted octanol–water partition coefficient (Wildman–Crippen LogP) is 2.76. The summed E-state index contributed by atoms with van der Waals surface area (Å²) in [6.07, 6.45) is 4.44. The van der Waals surface area contributed by atoms with Crippen LogP contribution in [-0.2, 0) is 0 Å². The fourth-order valence-corrected chi connectivity index (χ4v) is 1.82. The Bertz CT molecular complexity index is 708. The molecule has 2 heterocycles. The number of nitrogens with one attached hydrogen (secondary N) is 1. The van der Waals surface area contributed by atoms with E-state index in [9.17, 15) is 9.50 Å². The van der Waals surface area contributed by atoms with Gasteiger partial charge in [-0.05, 0) is 30.3 Å². The molecule has 0 aliphatic heterocycles. The van der Waals surface area contributed by atoms with Gasteiger partial charge in [0, 0.05) is 17.8 Å². The predicted molar refractivity (Wildman–Crippen MR) is 66.8 cm³/mol. The number of nitrogens with zero attached hydrogens (tertiary/aromatic N) is 2. The molecule has 0 fully saturated rings. The minimum absolute atomic E-state index is 0.204. The molecule has 2 aromatic heterocycles. The summed E-state index contributed by atoms with van der Waals surface area (Å²) in [5.41, 5.74) is 4.13. The molecule has 2 N–H and O–H groups in total. The smallest absolute Gasteiger partial charge is 0.166 e. The van der Waals surface area contributed by atoms with Crippen LogP contribution in [0, 0.1) is 5.82 Å². The van der Waals surface area contributed by atoms with Crippen LogP contribution in [0.15, 0.2) is 48.9 Å². The van der Waals surface area contributed by atoms with E-state index in [1.807, 2.05) is 6.07 Å². The third kappa shape index (κ3) is 1.75. The topological polar surface area (TPSA) is 50.1 Å². The summed E-state index contributed by atoms with van der Waals surface area (Å²) in [7, 11) is 0. The second-order valence-electron chi connectivity index (χ2n) is 3.90. The number of hydrogen-bond acceptors (Lipinski definition) is 3. The Morgan fingerprint density at radius 2 is 2.11 bits per heavy atom. The van der Waals surface area contributed by atoms with Gasteiger partial charge >= 0.3 is 0 Å². The minimum Gasteiger partial charge on any atom is -0.508 e. The molecule has 0 aliphatic rings. The molecule has 3 rings (SSSR count). The van der Waals surface area contributed by atoms with Gasteiger partial charge in [0.15, 0.2) is 5.82 Å². The Labute approximate surface area is 102 Å². The zero-order valence-electron chi connectivity index (χ0n) is 9.34. The SMILES string of the molecule is Oc1ccc2c(ccn2Nc2ccncc2F)c1. The summed E-state index contributed by atoms with van der Waals surface area (Å²) in [4.78, 5) is 3.69. The number of hydrogen-bond donors (Lipinski definition) is 2. The highest BCUT2D eigenvalue weighted by atomic mass is 19.1. The van der Waals surface area contributed by atoms with E-state index in [4.69, 9.17) is 0 Å². The first kappa shape index (κ1) is 10.6. The van der Waals surface area contributed by atoms with Gasteiger partial charge < -0.3 is 5.11 Å². The van der Waals surface area contributed by atoms with E-state index in [1.165, 1.54) is 6.20 Å². The second-order valence-corrected chi connectivity index (χ2v) is 3.90. The van der Waals surface area contributed by atoms with Crippen LogP contribution in [0.5, 0.6) is 5.75 Å². The highest BCUT2D eigenvalue weighted by Crippen LogP contribution is 2.21. The van der Waals surface area contributed by atoms with Crippen molar-refractivity contribution in [3.8, 4) is 5.75 Å². The van der Waals surface area contributed by atoms with Crippen molar-refractivity contribution in [3.05, 3.63) is 54.7 Å². The van der Waals surface area contributed by atoms with E-state index in [1.54, 1.807) is 35.1 Å². The number of anilines is 1. The molecule has 5 heteroatoms. The highest BCUT2D eigenvalue weighted by Gasteiger charge is 2.04. The summed E-state index contributed by atoms with van der Waals surface area (Å²) in [5, 5.41) is 10.2. The monoisotopic (exact) mass is 243 g/mol. The van der Waals surface area contributed by atoms with Crippen molar-refractivity contribution in [1.29, 1.82) is 0 Å². The molecule has 1 aromatic carbocycles. The number of benzene rings is 1. The van der Waals surface area contributed by atoms with Crippen LogP contribution >= 0.6 is 0 Å². The summed E-state index contributed by atoms with van der Waals surface area (Å²) >= 11 is 0. The van der Waals surface area contributed by atoms with E-state index in [0.717, 1.165) is 17.1 Å². The Morgan fingerprint density at radius 3 is 2.94 bits per heavy atom. The number of halogens is 1. The minimum atomic E-state index is -0.418. The molecule has 0 atom stereocenters.